The number of benzene rings is 2. The molecule has 2 aliphatic heterocycles. The number of hydrogen-bond acceptors (Lipinski definition) is 4. The average Bonchev–Trinajstić information content (AvgIpc) is 2.83. The fourth-order valence-electron chi connectivity index (χ4n) is 4.04. The Labute approximate surface area is 165 Å². The molecule has 0 unspecified atom stereocenters. The molecule has 0 aromatic heterocycles. The van der Waals surface area contributed by atoms with E-state index in [1.54, 1.807) is 4.90 Å². The van der Waals surface area contributed by atoms with E-state index in [0.717, 1.165) is 31.9 Å². The first-order valence-corrected chi connectivity index (χ1v) is 9.85. The number of para-hydroxylation sites is 3. The lowest BCUT2D eigenvalue weighted by molar-refractivity contribution is -0.120. The average molecular weight is 378 g/mol. The van der Waals surface area contributed by atoms with Gasteiger partial charge in [0, 0.05) is 44.3 Å². The van der Waals surface area contributed by atoms with Gasteiger partial charge in [0.25, 0.3) is 0 Å². The first-order chi connectivity index (χ1) is 13.6. The molecule has 2 aromatic rings. The Balaban J connectivity index is 1.43. The van der Waals surface area contributed by atoms with Crippen LogP contribution in [-0.2, 0) is 9.59 Å². The van der Waals surface area contributed by atoms with E-state index in [2.05, 4.69) is 39.4 Å². The molecule has 0 saturated carbocycles. The number of fused-ring (bicyclic) bond motifs is 1. The summed E-state index contributed by atoms with van der Waals surface area (Å²) in [7, 11) is 0. The van der Waals surface area contributed by atoms with Gasteiger partial charge >= 0.3 is 0 Å². The minimum Gasteiger partial charge on any atom is -0.369 e. The molecule has 2 aliphatic rings. The first-order valence-electron chi connectivity index (χ1n) is 9.85. The molecule has 1 atom stereocenters. The summed E-state index contributed by atoms with van der Waals surface area (Å²) in [4.78, 5) is 31.7. The minimum absolute atomic E-state index is 0.0459. The van der Waals surface area contributed by atoms with Gasteiger partial charge in [-0.2, -0.15) is 0 Å². The lowest BCUT2D eigenvalue weighted by Gasteiger charge is -2.37. The number of rotatable bonds is 3. The van der Waals surface area contributed by atoms with Crippen LogP contribution >= 0.6 is 0 Å². The minimum atomic E-state index is -0.165. The van der Waals surface area contributed by atoms with Crippen LogP contribution in [0.2, 0.25) is 0 Å². The number of hydrogen-bond donors (Lipinski definition) is 1. The maximum Gasteiger partial charge on any atom is 0.241 e. The normalized spacial score (nSPS) is 20.3. The second-order valence-electron chi connectivity index (χ2n) is 7.48. The molecule has 1 N–H and O–H groups in total. The van der Waals surface area contributed by atoms with Crippen molar-refractivity contribution in [3.8, 4) is 0 Å². The molecule has 6 heteroatoms. The maximum atomic E-state index is 13.2. The Morgan fingerprint density at radius 2 is 1.68 bits per heavy atom. The van der Waals surface area contributed by atoms with Crippen molar-refractivity contribution in [1.82, 2.24) is 4.90 Å². The van der Waals surface area contributed by atoms with Gasteiger partial charge in [-0.25, -0.2) is 0 Å². The van der Waals surface area contributed by atoms with Gasteiger partial charge in [0.05, 0.1) is 17.9 Å². The molecule has 1 fully saturated rings. The van der Waals surface area contributed by atoms with Crippen LogP contribution in [0.4, 0.5) is 17.1 Å². The Morgan fingerprint density at radius 1 is 1.00 bits per heavy atom. The van der Waals surface area contributed by atoms with Gasteiger partial charge in [0.1, 0.15) is 0 Å². The van der Waals surface area contributed by atoms with Crippen LogP contribution in [0.25, 0.3) is 0 Å². The predicted octanol–water partition coefficient (Wildman–Crippen LogP) is 2.57. The molecule has 28 heavy (non-hydrogen) atoms. The summed E-state index contributed by atoms with van der Waals surface area (Å²) in [5.74, 6) is -0.00339. The Kier molecular flexibility index (Phi) is 5.30. The third-order valence-corrected chi connectivity index (χ3v) is 5.48. The molecular weight excluding hydrogens is 352 g/mol. The Morgan fingerprint density at radius 3 is 2.43 bits per heavy atom. The zero-order chi connectivity index (χ0) is 19.5. The Bertz CT molecular complexity index is 847. The standard InChI is InChI=1S/C22H26N4O2/c1-17-15-21(27)23-19-9-5-6-10-20(19)26(17)22(28)16-24-11-13-25(14-12-24)18-7-3-2-4-8-18/h2-10,17H,11-16H2,1H3,(H,23,27)/t17-/m1/s1. The predicted molar refractivity (Wildman–Crippen MR) is 112 cm³/mol. The quantitative estimate of drug-likeness (QED) is 0.892. The zero-order valence-electron chi connectivity index (χ0n) is 16.2. The van der Waals surface area contributed by atoms with Crippen molar-refractivity contribution < 1.29 is 9.59 Å². The number of amides is 2. The topological polar surface area (TPSA) is 55.9 Å². The highest BCUT2D eigenvalue weighted by atomic mass is 16.2. The molecule has 0 radical (unpaired) electrons. The smallest absolute Gasteiger partial charge is 0.241 e. The fraction of sp³-hybridized carbons (Fsp3) is 0.364. The van der Waals surface area contributed by atoms with E-state index >= 15 is 0 Å². The number of nitrogens with zero attached hydrogens (tertiary/aromatic N) is 3. The number of anilines is 3. The van der Waals surface area contributed by atoms with Crippen molar-refractivity contribution in [3.05, 3.63) is 54.6 Å². The van der Waals surface area contributed by atoms with Crippen LogP contribution in [0.15, 0.2) is 54.6 Å². The first kappa shape index (κ1) is 18.5. The molecular formula is C22H26N4O2. The number of piperazine rings is 1. The van der Waals surface area contributed by atoms with Crippen molar-refractivity contribution in [2.75, 3.05) is 47.8 Å². The van der Waals surface area contributed by atoms with Gasteiger partial charge in [-0.1, -0.05) is 30.3 Å². The molecule has 0 aliphatic carbocycles. The van der Waals surface area contributed by atoms with E-state index < -0.39 is 0 Å². The van der Waals surface area contributed by atoms with Crippen molar-refractivity contribution in [1.29, 1.82) is 0 Å². The van der Waals surface area contributed by atoms with Crippen LogP contribution in [0.5, 0.6) is 0 Å². The van der Waals surface area contributed by atoms with Crippen LogP contribution < -0.4 is 15.1 Å². The molecule has 146 valence electrons. The molecule has 2 heterocycles. The van der Waals surface area contributed by atoms with Crippen LogP contribution in [-0.4, -0.2) is 55.5 Å². The van der Waals surface area contributed by atoms with Gasteiger partial charge in [-0.3, -0.25) is 14.5 Å². The van der Waals surface area contributed by atoms with Gasteiger partial charge in [-0.05, 0) is 31.2 Å². The monoisotopic (exact) mass is 378 g/mol. The fourth-order valence-corrected chi connectivity index (χ4v) is 4.04. The maximum absolute atomic E-state index is 13.2. The van der Waals surface area contributed by atoms with Gasteiger partial charge < -0.3 is 15.1 Å². The van der Waals surface area contributed by atoms with E-state index in [1.165, 1.54) is 5.69 Å². The van der Waals surface area contributed by atoms with E-state index in [4.69, 9.17) is 0 Å². The third kappa shape index (κ3) is 3.87. The molecule has 1 saturated heterocycles. The summed E-state index contributed by atoms with van der Waals surface area (Å²) in [6.45, 7) is 5.82. The zero-order valence-corrected chi connectivity index (χ0v) is 16.2. The summed E-state index contributed by atoms with van der Waals surface area (Å²) in [6.07, 6.45) is 0.308. The van der Waals surface area contributed by atoms with Gasteiger partial charge in [0.15, 0.2) is 0 Å². The van der Waals surface area contributed by atoms with E-state index in [-0.39, 0.29) is 17.9 Å². The molecule has 0 spiro atoms. The molecule has 4 rings (SSSR count). The molecule has 0 bridgehead atoms. The van der Waals surface area contributed by atoms with Crippen molar-refractivity contribution >= 4 is 28.9 Å². The SMILES string of the molecule is C[C@@H]1CC(=O)Nc2ccccc2N1C(=O)CN1CCN(c2ccccc2)CC1. The highest BCUT2D eigenvalue weighted by Gasteiger charge is 2.31. The second-order valence-corrected chi connectivity index (χ2v) is 7.48. The van der Waals surface area contributed by atoms with Crippen LogP contribution in [0.1, 0.15) is 13.3 Å². The van der Waals surface area contributed by atoms with Crippen molar-refractivity contribution in [3.63, 3.8) is 0 Å². The van der Waals surface area contributed by atoms with Gasteiger partial charge in [0.2, 0.25) is 11.8 Å². The summed E-state index contributed by atoms with van der Waals surface area (Å²) >= 11 is 0. The highest BCUT2D eigenvalue weighted by molar-refractivity contribution is 6.04. The van der Waals surface area contributed by atoms with Crippen LogP contribution in [0, 0.1) is 0 Å². The second kappa shape index (κ2) is 8.02. The van der Waals surface area contributed by atoms with Crippen LogP contribution in [0.3, 0.4) is 0 Å². The third-order valence-electron chi connectivity index (χ3n) is 5.48. The number of nitrogens with one attached hydrogen (secondary N) is 1. The molecule has 2 amide bonds. The molecule has 6 nitrogen and oxygen atoms in total. The Hall–Kier alpha value is -2.86. The highest BCUT2D eigenvalue weighted by Crippen LogP contribution is 2.31. The number of carbonyl (C=O) groups is 2. The summed E-state index contributed by atoms with van der Waals surface area (Å²) in [6, 6.07) is 17.8. The van der Waals surface area contributed by atoms with E-state index in [1.807, 2.05) is 37.3 Å². The molecule has 2 aromatic carbocycles. The lowest BCUT2D eigenvalue weighted by Crippen LogP contribution is -2.51. The van der Waals surface area contributed by atoms with E-state index in [0.29, 0.717) is 18.7 Å². The van der Waals surface area contributed by atoms with Crippen molar-refractivity contribution in [2.24, 2.45) is 0 Å². The summed E-state index contributed by atoms with van der Waals surface area (Å²) in [5.41, 5.74) is 2.72. The summed E-state index contributed by atoms with van der Waals surface area (Å²) < 4.78 is 0. The summed E-state index contributed by atoms with van der Waals surface area (Å²) in [5, 5.41) is 2.91. The largest absolute Gasteiger partial charge is 0.369 e. The van der Waals surface area contributed by atoms with Crippen molar-refractivity contribution in [2.45, 2.75) is 19.4 Å². The van der Waals surface area contributed by atoms with E-state index in [9.17, 15) is 9.59 Å². The lowest BCUT2D eigenvalue weighted by atomic mass is 10.1. The number of carbonyl (C=O) groups excluding carboxylic acids is 2. The van der Waals surface area contributed by atoms with Gasteiger partial charge in [-0.15, -0.1) is 0 Å².